The van der Waals surface area contributed by atoms with E-state index in [0.717, 1.165) is 29.9 Å². The van der Waals surface area contributed by atoms with Crippen LogP contribution >= 0.6 is 0 Å². The van der Waals surface area contributed by atoms with Crippen molar-refractivity contribution < 1.29 is 4.79 Å². The Morgan fingerprint density at radius 2 is 1.75 bits per heavy atom. The minimum Gasteiger partial charge on any atom is -0.384 e. The zero-order valence-corrected chi connectivity index (χ0v) is 11.1. The first-order chi connectivity index (χ1) is 9.84. The van der Waals surface area contributed by atoms with E-state index in [1.54, 1.807) is 0 Å². The predicted octanol–water partition coefficient (Wildman–Crippen LogP) is 3.27. The van der Waals surface area contributed by atoms with Crippen LogP contribution in [0.1, 0.15) is 22.3 Å². The second-order valence-electron chi connectivity index (χ2n) is 4.70. The Morgan fingerprint density at radius 3 is 2.50 bits per heavy atom. The molecule has 1 aliphatic rings. The van der Waals surface area contributed by atoms with Gasteiger partial charge in [-0.1, -0.05) is 42.5 Å². The van der Waals surface area contributed by atoms with E-state index < -0.39 is 0 Å². The van der Waals surface area contributed by atoms with Gasteiger partial charge >= 0.3 is 0 Å². The van der Waals surface area contributed by atoms with Crippen LogP contribution < -0.4 is 10.6 Å². The van der Waals surface area contributed by atoms with Crippen molar-refractivity contribution in [3.8, 4) is 0 Å². The summed E-state index contributed by atoms with van der Waals surface area (Å²) in [5.74, 6) is -0.0864. The Hall–Kier alpha value is -2.55. The first kappa shape index (κ1) is 12.5. The van der Waals surface area contributed by atoms with Crippen molar-refractivity contribution in [3.05, 3.63) is 71.8 Å². The number of hydrogen-bond donors (Lipinski definition) is 2. The number of benzene rings is 2. The quantitative estimate of drug-likeness (QED) is 0.893. The SMILES string of the molecule is O=C(Nc1ccccc1C1=CCCN1)c1ccccc1. The van der Waals surface area contributed by atoms with E-state index in [2.05, 4.69) is 16.7 Å². The summed E-state index contributed by atoms with van der Waals surface area (Å²) in [6.45, 7) is 0.955. The fourth-order valence-corrected chi connectivity index (χ4v) is 2.31. The van der Waals surface area contributed by atoms with Crippen molar-refractivity contribution in [2.24, 2.45) is 0 Å². The van der Waals surface area contributed by atoms with Gasteiger partial charge in [0.1, 0.15) is 0 Å². The molecule has 0 unspecified atom stereocenters. The Morgan fingerprint density at radius 1 is 1.00 bits per heavy atom. The third-order valence-electron chi connectivity index (χ3n) is 3.31. The molecule has 3 nitrogen and oxygen atoms in total. The van der Waals surface area contributed by atoms with Gasteiger partial charge in [-0.15, -0.1) is 0 Å². The lowest BCUT2D eigenvalue weighted by Gasteiger charge is -2.12. The number of hydrogen-bond acceptors (Lipinski definition) is 2. The maximum Gasteiger partial charge on any atom is 0.255 e. The van der Waals surface area contributed by atoms with Crippen LogP contribution in [-0.4, -0.2) is 12.5 Å². The molecule has 1 aliphatic heterocycles. The molecule has 0 saturated carbocycles. The second-order valence-corrected chi connectivity index (χ2v) is 4.70. The van der Waals surface area contributed by atoms with Gasteiger partial charge in [0.05, 0.1) is 5.69 Å². The Kier molecular flexibility index (Phi) is 3.50. The first-order valence-electron chi connectivity index (χ1n) is 6.74. The van der Waals surface area contributed by atoms with Gasteiger partial charge in [0.15, 0.2) is 0 Å². The standard InChI is InChI=1S/C17H16N2O/c20-17(13-7-2-1-3-8-13)19-16-10-5-4-9-14(16)15-11-6-12-18-15/h1-5,7-11,18H,6,12H2,(H,19,20). The van der Waals surface area contributed by atoms with Crippen LogP contribution in [0.3, 0.4) is 0 Å². The van der Waals surface area contributed by atoms with Gasteiger partial charge < -0.3 is 10.6 Å². The average molecular weight is 264 g/mol. The molecule has 0 atom stereocenters. The van der Waals surface area contributed by atoms with Crippen molar-refractivity contribution >= 4 is 17.3 Å². The van der Waals surface area contributed by atoms with E-state index in [1.807, 2.05) is 54.6 Å². The number of nitrogens with one attached hydrogen (secondary N) is 2. The molecule has 0 aliphatic carbocycles. The fourth-order valence-electron chi connectivity index (χ4n) is 2.31. The maximum absolute atomic E-state index is 12.2. The Balaban J connectivity index is 1.86. The summed E-state index contributed by atoms with van der Waals surface area (Å²) in [6.07, 6.45) is 3.18. The summed E-state index contributed by atoms with van der Waals surface area (Å²) >= 11 is 0. The molecule has 0 aromatic heterocycles. The highest BCUT2D eigenvalue weighted by Gasteiger charge is 2.13. The number of para-hydroxylation sites is 1. The van der Waals surface area contributed by atoms with Crippen molar-refractivity contribution in [1.29, 1.82) is 0 Å². The molecule has 2 aromatic carbocycles. The molecular weight excluding hydrogens is 248 g/mol. The van der Waals surface area contributed by atoms with E-state index in [4.69, 9.17) is 0 Å². The van der Waals surface area contributed by atoms with Gasteiger partial charge in [0.2, 0.25) is 0 Å². The van der Waals surface area contributed by atoms with Crippen LogP contribution in [0.25, 0.3) is 5.70 Å². The van der Waals surface area contributed by atoms with Crippen LogP contribution in [-0.2, 0) is 0 Å². The van der Waals surface area contributed by atoms with Gasteiger partial charge in [-0.05, 0) is 24.6 Å². The van der Waals surface area contributed by atoms with Crippen LogP contribution in [0.4, 0.5) is 5.69 Å². The number of carbonyl (C=O) groups is 1. The number of anilines is 1. The third kappa shape index (κ3) is 2.57. The molecule has 100 valence electrons. The molecule has 0 radical (unpaired) electrons. The monoisotopic (exact) mass is 264 g/mol. The molecule has 0 fully saturated rings. The van der Waals surface area contributed by atoms with E-state index in [9.17, 15) is 4.79 Å². The summed E-state index contributed by atoms with van der Waals surface area (Å²) in [6, 6.07) is 17.1. The van der Waals surface area contributed by atoms with Crippen LogP contribution in [0.2, 0.25) is 0 Å². The summed E-state index contributed by atoms with van der Waals surface area (Å²) in [5.41, 5.74) is 3.63. The van der Waals surface area contributed by atoms with Gasteiger partial charge in [0.25, 0.3) is 5.91 Å². The predicted molar refractivity (Wildman–Crippen MR) is 81.4 cm³/mol. The molecule has 20 heavy (non-hydrogen) atoms. The number of amides is 1. The third-order valence-corrected chi connectivity index (χ3v) is 3.31. The van der Waals surface area contributed by atoms with Crippen molar-refractivity contribution in [3.63, 3.8) is 0 Å². The highest BCUT2D eigenvalue weighted by atomic mass is 16.1. The lowest BCUT2D eigenvalue weighted by Crippen LogP contribution is -2.14. The van der Waals surface area contributed by atoms with E-state index >= 15 is 0 Å². The molecule has 1 heterocycles. The van der Waals surface area contributed by atoms with Gasteiger partial charge in [-0.2, -0.15) is 0 Å². The molecule has 3 rings (SSSR count). The Labute approximate surface area is 118 Å². The summed E-state index contributed by atoms with van der Waals surface area (Å²) in [5, 5.41) is 6.32. The van der Waals surface area contributed by atoms with Gasteiger partial charge in [-0.3, -0.25) is 4.79 Å². The highest BCUT2D eigenvalue weighted by molar-refractivity contribution is 6.05. The smallest absolute Gasteiger partial charge is 0.255 e. The van der Waals surface area contributed by atoms with Gasteiger partial charge in [-0.25, -0.2) is 0 Å². The minimum atomic E-state index is -0.0864. The molecule has 0 bridgehead atoms. The van der Waals surface area contributed by atoms with Crippen molar-refractivity contribution in [1.82, 2.24) is 5.32 Å². The number of carbonyl (C=O) groups excluding carboxylic acids is 1. The normalized spacial score (nSPS) is 13.5. The molecule has 2 aromatic rings. The Bertz CT molecular complexity index is 647. The van der Waals surface area contributed by atoms with Crippen LogP contribution in [0, 0.1) is 0 Å². The zero-order chi connectivity index (χ0) is 13.8. The summed E-state index contributed by atoms with van der Waals surface area (Å²) in [4.78, 5) is 12.2. The van der Waals surface area contributed by atoms with E-state index in [0.29, 0.717) is 5.56 Å². The largest absolute Gasteiger partial charge is 0.384 e. The average Bonchev–Trinajstić information content (AvgIpc) is 3.03. The van der Waals surface area contributed by atoms with Crippen molar-refractivity contribution in [2.45, 2.75) is 6.42 Å². The molecule has 0 saturated heterocycles. The van der Waals surface area contributed by atoms with Gasteiger partial charge in [0, 0.05) is 23.4 Å². The number of rotatable bonds is 3. The minimum absolute atomic E-state index is 0.0864. The van der Waals surface area contributed by atoms with Crippen molar-refractivity contribution in [2.75, 3.05) is 11.9 Å². The fraction of sp³-hybridized carbons (Fsp3) is 0.118. The molecule has 1 amide bonds. The maximum atomic E-state index is 12.2. The first-order valence-corrected chi connectivity index (χ1v) is 6.74. The topological polar surface area (TPSA) is 41.1 Å². The lowest BCUT2D eigenvalue weighted by atomic mass is 10.1. The molecule has 2 N–H and O–H groups in total. The van der Waals surface area contributed by atoms with E-state index in [1.165, 1.54) is 0 Å². The van der Waals surface area contributed by atoms with Crippen LogP contribution in [0.15, 0.2) is 60.7 Å². The highest BCUT2D eigenvalue weighted by Crippen LogP contribution is 2.25. The molecule has 3 heteroatoms. The summed E-state index contributed by atoms with van der Waals surface area (Å²) in [7, 11) is 0. The summed E-state index contributed by atoms with van der Waals surface area (Å²) < 4.78 is 0. The molecular formula is C17H16N2O. The molecule has 0 spiro atoms. The van der Waals surface area contributed by atoms with Crippen LogP contribution in [0.5, 0.6) is 0 Å². The second kappa shape index (κ2) is 5.61. The zero-order valence-electron chi connectivity index (χ0n) is 11.1. The lowest BCUT2D eigenvalue weighted by molar-refractivity contribution is 0.102. The van der Waals surface area contributed by atoms with E-state index in [-0.39, 0.29) is 5.91 Å².